The highest BCUT2D eigenvalue weighted by atomic mass is 19.4. The van der Waals surface area contributed by atoms with E-state index in [1.807, 2.05) is 37.3 Å². The van der Waals surface area contributed by atoms with Gasteiger partial charge in [-0.05, 0) is 56.2 Å². The number of hydrogen-bond donors (Lipinski definition) is 2. The minimum Gasteiger partial charge on any atom is -0.489 e. The molecule has 0 atom stereocenters. The summed E-state index contributed by atoms with van der Waals surface area (Å²) in [5.41, 5.74) is 2.32. The molecule has 1 fully saturated rings. The van der Waals surface area contributed by atoms with Gasteiger partial charge in [0.2, 0.25) is 5.91 Å². The number of hydrogen-bond acceptors (Lipinski definition) is 7. The molecule has 12 heteroatoms. The van der Waals surface area contributed by atoms with Crippen LogP contribution in [0.15, 0.2) is 54.6 Å². The summed E-state index contributed by atoms with van der Waals surface area (Å²) >= 11 is 0. The lowest BCUT2D eigenvalue weighted by atomic mass is 9.91. The van der Waals surface area contributed by atoms with Gasteiger partial charge in [-0.15, -0.1) is 0 Å². The molecule has 1 aliphatic carbocycles. The van der Waals surface area contributed by atoms with Crippen LogP contribution >= 0.6 is 0 Å². The second kappa shape index (κ2) is 11.3. The summed E-state index contributed by atoms with van der Waals surface area (Å²) in [6.45, 7) is 2.07. The minimum atomic E-state index is -5.37. The van der Waals surface area contributed by atoms with Gasteiger partial charge in [0, 0.05) is 22.2 Å². The zero-order chi connectivity index (χ0) is 28.2. The first-order valence-electron chi connectivity index (χ1n) is 12.2. The first-order valence-corrected chi connectivity index (χ1v) is 12.2. The first-order chi connectivity index (χ1) is 18.5. The standard InChI is InChI=1S/C27H26F3N3O6/c1-17-14-19(21-6-2-3-7-22(21)31-17)16-38-20-10-8-18(9-11-20)24(35)33(39-25(36)27(28,29)30)26(12-4-5-13-26)15-23(34)32-37/h2-3,6-11,14,37H,4-5,12-13,15-16H2,1H3,(H,32,34). The van der Waals surface area contributed by atoms with Crippen molar-refractivity contribution >= 4 is 28.7 Å². The van der Waals surface area contributed by atoms with Crippen LogP contribution in [-0.4, -0.2) is 44.8 Å². The molecule has 0 aliphatic heterocycles. The lowest BCUT2D eigenvalue weighted by Gasteiger charge is -2.38. The zero-order valence-corrected chi connectivity index (χ0v) is 21.0. The Hall–Kier alpha value is -4.19. The first kappa shape index (κ1) is 27.8. The van der Waals surface area contributed by atoms with E-state index in [1.165, 1.54) is 29.7 Å². The fraction of sp³-hybridized carbons (Fsp3) is 0.333. The van der Waals surface area contributed by atoms with Gasteiger partial charge >= 0.3 is 12.1 Å². The smallest absolute Gasteiger partial charge is 0.489 e. The van der Waals surface area contributed by atoms with Crippen molar-refractivity contribution in [2.75, 3.05) is 0 Å². The van der Waals surface area contributed by atoms with Crippen molar-refractivity contribution in [3.05, 3.63) is 71.4 Å². The van der Waals surface area contributed by atoms with Crippen LogP contribution in [0.25, 0.3) is 10.9 Å². The number of pyridine rings is 1. The van der Waals surface area contributed by atoms with Crippen molar-refractivity contribution in [1.82, 2.24) is 15.5 Å². The quantitative estimate of drug-likeness (QED) is 0.324. The van der Waals surface area contributed by atoms with Crippen molar-refractivity contribution in [2.45, 2.75) is 57.3 Å². The highest BCUT2D eigenvalue weighted by Gasteiger charge is 2.51. The second-order valence-electron chi connectivity index (χ2n) is 9.37. The maximum absolute atomic E-state index is 13.4. The molecule has 206 valence electrons. The summed E-state index contributed by atoms with van der Waals surface area (Å²) in [6.07, 6.45) is -4.79. The average molecular weight is 546 g/mol. The predicted molar refractivity (Wildman–Crippen MR) is 131 cm³/mol. The number of ether oxygens (including phenoxy) is 1. The lowest BCUT2D eigenvalue weighted by Crippen LogP contribution is -2.54. The third-order valence-corrected chi connectivity index (χ3v) is 6.60. The fourth-order valence-corrected chi connectivity index (χ4v) is 4.80. The Balaban J connectivity index is 1.56. The maximum atomic E-state index is 13.4. The second-order valence-corrected chi connectivity index (χ2v) is 9.37. The highest BCUT2D eigenvalue weighted by molar-refractivity contribution is 5.95. The van der Waals surface area contributed by atoms with E-state index in [-0.39, 0.29) is 25.0 Å². The molecular formula is C27H26F3N3O6. The van der Waals surface area contributed by atoms with Crippen molar-refractivity contribution in [3.8, 4) is 5.75 Å². The van der Waals surface area contributed by atoms with E-state index in [4.69, 9.17) is 9.94 Å². The van der Waals surface area contributed by atoms with Crippen LogP contribution in [0.1, 0.15) is 53.7 Å². The highest BCUT2D eigenvalue weighted by Crippen LogP contribution is 2.40. The monoisotopic (exact) mass is 545 g/mol. The minimum absolute atomic E-state index is 0.0850. The molecule has 2 aromatic carbocycles. The van der Waals surface area contributed by atoms with Crippen molar-refractivity contribution < 1.29 is 42.3 Å². The SMILES string of the molecule is Cc1cc(COc2ccc(C(=O)N(OC(=O)C(F)(F)F)C3(CC(=O)NO)CCCC3)cc2)c2ccccc2n1. The topological polar surface area (TPSA) is 118 Å². The third kappa shape index (κ3) is 6.28. The normalized spacial score (nSPS) is 14.6. The summed E-state index contributed by atoms with van der Waals surface area (Å²) in [6, 6.07) is 15.1. The number of nitrogens with one attached hydrogen (secondary N) is 1. The van der Waals surface area contributed by atoms with Crippen LogP contribution in [0.3, 0.4) is 0 Å². The van der Waals surface area contributed by atoms with Gasteiger partial charge in [0.1, 0.15) is 12.4 Å². The van der Waals surface area contributed by atoms with E-state index in [0.29, 0.717) is 23.7 Å². The van der Waals surface area contributed by atoms with Crippen LogP contribution in [0.2, 0.25) is 0 Å². The van der Waals surface area contributed by atoms with E-state index >= 15 is 0 Å². The molecule has 0 radical (unpaired) electrons. The number of rotatable bonds is 7. The van der Waals surface area contributed by atoms with Crippen LogP contribution in [0.4, 0.5) is 13.2 Å². The number of carbonyl (C=O) groups excluding carboxylic acids is 3. The summed E-state index contributed by atoms with van der Waals surface area (Å²) in [5, 5.41) is 10.2. The van der Waals surface area contributed by atoms with Gasteiger partial charge in [0.25, 0.3) is 5.91 Å². The Kier molecular flexibility index (Phi) is 8.05. The van der Waals surface area contributed by atoms with E-state index < -0.39 is 35.9 Å². The molecule has 0 spiro atoms. The summed E-state index contributed by atoms with van der Waals surface area (Å²) in [7, 11) is 0. The zero-order valence-electron chi connectivity index (χ0n) is 21.0. The van der Waals surface area contributed by atoms with E-state index in [9.17, 15) is 27.6 Å². The van der Waals surface area contributed by atoms with Crippen LogP contribution in [-0.2, 0) is 21.0 Å². The van der Waals surface area contributed by atoms with E-state index in [0.717, 1.165) is 22.2 Å². The number of benzene rings is 2. The summed E-state index contributed by atoms with van der Waals surface area (Å²) in [5.74, 6) is -4.17. The lowest BCUT2D eigenvalue weighted by molar-refractivity contribution is -0.244. The van der Waals surface area contributed by atoms with Gasteiger partial charge in [-0.1, -0.05) is 31.0 Å². The molecule has 2 amide bonds. The molecular weight excluding hydrogens is 519 g/mol. The van der Waals surface area contributed by atoms with Crippen LogP contribution < -0.4 is 10.2 Å². The average Bonchev–Trinajstić information content (AvgIpc) is 3.38. The molecule has 9 nitrogen and oxygen atoms in total. The molecule has 1 aromatic heterocycles. The number of amides is 2. The fourth-order valence-electron chi connectivity index (χ4n) is 4.80. The number of halogens is 3. The molecule has 0 unspecified atom stereocenters. The molecule has 4 rings (SSSR count). The van der Waals surface area contributed by atoms with Crippen LogP contribution in [0, 0.1) is 6.92 Å². The molecule has 0 saturated heterocycles. The number of aryl methyl sites for hydroxylation is 1. The van der Waals surface area contributed by atoms with Crippen molar-refractivity contribution in [3.63, 3.8) is 0 Å². The van der Waals surface area contributed by atoms with Gasteiger partial charge < -0.3 is 9.57 Å². The maximum Gasteiger partial charge on any atom is 0.493 e. The van der Waals surface area contributed by atoms with Gasteiger partial charge in [0.15, 0.2) is 0 Å². The Labute approximate surface area is 221 Å². The summed E-state index contributed by atoms with van der Waals surface area (Å²) in [4.78, 5) is 46.2. The predicted octanol–water partition coefficient (Wildman–Crippen LogP) is 4.79. The number of alkyl halides is 3. The number of hydroxylamine groups is 3. The Bertz CT molecular complexity index is 1370. The molecule has 1 aliphatic rings. The molecule has 1 heterocycles. The Morgan fingerprint density at radius 2 is 1.74 bits per heavy atom. The Morgan fingerprint density at radius 1 is 1.08 bits per heavy atom. The number of carbonyl (C=O) groups is 3. The Morgan fingerprint density at radius 3 is 2.38 bits per heavy atom. The number of nitrogens with zero attached hydrogens (tertiary/aromatic N) is 2. The van der Waals surface area contributed by atoms with E-state index in [1.54, 1.807) is 0 Å². The van der Waals surface area contributed by atoms with Crippen molar-refractivity contribution in [2.24, 2.45) is 0 Å². The molecule has 39 heavy (non-hydrogen) atoms. The number of fused-ring (bicyclic) bond motifs is 1. The van der Waals surface area contributed by atoms with Gasteiger partial charge in [-0.3, -0.25) is 19.8 Å². The van der Waals surface area contributed by atoms with E-state index in [2.05, 4.69) is 9.82 Å². The number of aromatic nitrogens is 1. The largest absolute Gasteiger partial charge is 0.493 e. The van der Waals surface area contributed by atoms with Gasteiger partial charge in [-0.25, -0.2) is 10.3 Å². The summed E-state index contributed by atoms with van der Waals surface area (Å²) < 4.78 is 45.1. The van der Waals surface area contributed by atoms with Crippen LogP contribution in [0.5, 0.6) is 5.75 Å². The molecule has 0 bridgehead atoms. The van der Waals surface area contributed by atoms with Gasteiger partial charge in [-0.2, -0.15) is 18.2 Å². The van der Waals surface area contributed by atoms with Gasteiger partial charge in [0.05, 0.1) is 17.5 Å². The third-order valence-electron chi connectivity index (χ3n) is 6.60. The molecule has 2 N–H and O–H groups in total. The number of para-hydroxylation sites is 1. The molecule has 1 saturated carbocycles. The molecule has 3 aromatic rings. The van der Waals surface area contributed by atoms with Crippen molar-refractivity contribution in [1.29, 1.82) is 0 Å².